The molecule has 2 rings (SSSR count). The van der Waals surface area contributed by atoms with E-state index in [1.165, 1.54) is 4.88 Å². The summed E-state index contributed by atoms with van der Waals surface area (Å²) in [7, 11) is 3.36. The normalized spacial score (nSPS) is 10.5. The molecule has 0 spiro atoms. The van der Waals surface area contributed by atoms with Crippen LogP contribution >= 0.6 is 11.3 Å². The van der Waals surface area contributed by atoms with Crippen LogP contribution in [0.3, 0.4) is 0 Å². The second kappa shape index (κ2) is 8.65. The lowest BCUT2D eigenvalue weighted by molar-refractivity contribution is 0.0792. The Bertz CT molecular complexity index is 687. The molecule has 0 saturated heterocycles. The summed E-state index contributed by atoms with van der Waals surface area (Å²) in [4.78, 5) is 19.9. The third kappa shape index (κ3) is 4.46. The minimum atomic E-state index is -0.0909. The lowest BCUT2D eigenvalue weighted by atomic mass is 10.1. The molecule has 0 bridgehead atoms. The SMILES string of the molecule is COc1ccc(C(=O)N(C)CCc2scnc2C)c(OCCN)c1. The molecule has 24 heavy (non-hydrogen) atoms. The van der Waals surface area contributed by atoms with Crippen molar-refractivity contribution in [3.05, 3.63) is 39.8 Å². The fourth-order valence-electron chi connectivity index (χ4n) is 2.24. The summed E-state index contributed by atoms with van der Waals surface area (Å²) in [5.74, 6) is 1.04. The number of hydrogen-bond donors (Lipinski definition) is 1. The molecule has 0 radical (unpaired) electrons. The number of rotatable bonds is 8. The van der Waals surface area contributed by atoms with Crippen LogP contribution in [0.1, 0.15) is 20.9 Å². The molecule has 0 unspecified atom stereocenters. The summed E-state index contributed by atoms with van der Waals surface area (Å²) in [5, 5.41) is 0. The zero-order valence-electron chi connectivity index (χ0n) is 14.2. The highest BCUT2D eigenvalue weighted by Gasteiger charge is 2.18. The molecule has 6 nitrogen and oxygen atoms in total. The largest absolute Gasteiger partial charge is 0.497 e. The minimum Gasteiger partial charge on any atom is -0.497 e. The van der Waals surface area contributed by atoms with Crippen molar-refractivity contribution in [1.82, 2.24) is 9.88 Å². The van der Waals surface area contributed by atoms with E-state index in [1.54, 1.807) is 48.6 Å². The van der Waals surface area contributed by atoms with Crippen LogP contribution in [0.25, 0.3) is 0 Å². The molecule has 0 aliphatic heterocycles. The van der Waals surface area contributed by atoms with Gasteiger partial charge in [-0.3, -0.25) is 4.79 Å². The summed E-state index contributed by atoms with van der Waals surface area (Å²) in [6.45, 7) is 3.32. The predicted octanol–water partition coefficient (Wildman–Crippen LogP) is 2.11. The molecule has 0 fully saturated rings. The molecule has 1 aromatic heterocycles. The van der Waals surface area contributed by atoms with E-state index in [-0.39, 0.29) is 5.91 Å². The van der Waals surface area contributed by atoms with Gasteiger partial charge in [-0.2, -0.15) is 0 Å². The van der Waals surface area contributed by atoms with E-state index < -0.39 is 0 Å². The molecule has 1 amide bonds. The Hall–Kier alpha value is -2.12. The van der Waals surface area contributed by atoms with Gasteiger partial charge in [0, 0.05) is 37.5 Å². The number of likely N-dealkylation sites (N-methyl/N-ethyl adjacent to an activating group) is 1. The summed E-state index contributed by atoms with van der Waals surface area (Å²) in [6, 6.07) is 5.19. The molecular weight excluding hydrogens is 326 g/mol. The van der Waals surface area contributed by atoms with Crippen molar-refractivity contribution in [3.63, 3.8) is 0 Å². The van der Waals surface area contributed by atoms with E-state index >= 15 is 0 Å². The van der Waals surface area contributed by atoms with Gasteiger partial charge in [0.1, 0.15) is 18.1 Å². The number of aromatic nitrogens is 1. The smallest absolute Gasteiger partial charge is 0.257 e. The average molecular weight is 349 g/mol. The first-order valence-electron chi connectivity index (χ1n) is 7.72. The zero-order chi connectivity index (χ0) is 17.5. The van der Waals surface area contributed by atoms with Crippen LogP contribution in [0.2, 0.25) is 0 Å². The average Bonchev–Trinajstić information content (AvgIpc) is 3.01. The van der Waals surface area contributed by atoms with Crippen molar-refractivity contribution in [3.8, 4) is 11.5 Å². The first kappa shape index (κ1) is 18.2. The third-order valence-corrected chi connectivity index (χ3v) is 4.66. The molecule has 1 heterocycles. The van der Waals surface area contributed by atoms with Crippen molar-refractivity contribution in [2.75, 3.05) is 33.9 Å². The molecule has 7 heteroatoms. The maximum atomic E-state index is 12.7. The van der Waals surface area contributed by atoms with Gasteiger partial charge in [-0.15, -0.1) is 11.3 Å². The van der Waals surface area contributed by atoms with Gasteiger partial charge >= 0.3 is 0 Å². The number of aryl methyl sites for hydroxylation is 1. The lowest BCUT2D eigenvalue weighted by Gasteiger charge is -2.19. The van der Waals surface area contributed by atoms with Gasteiger partial charge in [0.05, 0.1) is 23.9 Å². The maximum absolute atomic E-state index is 12.7. The maximum Gasteiger partial charge on any atom is 0.257 e. The highest BCUT2D eigenvalue weighted by molar-refractivity contribution is 7.09. The Morgan fingerprint density at radius 2 is 2.21 bits per heavy atom. The van der Waals surface area contributed by atoms with Crippen LogP contribution in [0.15, 0.2) is 23.7 Å². The Kier molecular flexibility index (Phi) is 6.57. The van der Waals surface area contributed by atoms with Crippen LogP contribution in [-0.2, 0) is 6.42 Å². The molecule has 2 N–H and O–H groups in total. The van der Waals surface area contributed by atoms with E-state index in [2.05, 4.69) is 4.98 Å². The van der Waals surface area contributed by atoms with Crippen LogP contribution in [0.4, 0.5) is 0 Å². The van der Waals surface area contributed by atoms with Gasteiger partial charge in [-0.25, -0.2) is 4.98 Å². The van der Waals surface area contributed by atoms with E-state index in [4.69, 9.17) is 15.2 Å². The Labute approximate surface area is 146 Å². The number of carbonyl (C=O) groups excluding carboxylic acids is 1. The number of amides is 1. The number of thiazole rings is 1. The van der Waals surface area contributed by atoms with Gasteiger partial charge in [0.25, 0.3) is 5.91 Å². The summed E-state index contributed by atoms with van der Waals surface area (Å²) in [6.07, 6.45) is 0.786. The summed E-state index contributed by atoms with van der Waals surface area (Å²) in [5.41, 5.74) is 8.85. The van der Waals surface area contributed by atoms with Crippen LogP contribution in [0.5, 0.6) is 11.5 Å². The first-order valence-corrected chi connectivity index (χ1v) is 8.60. The second-order valence-corrected chi connectivity index (χ2v) is 6.28. The highest BCUT2D eigenvalue weighted by Crippen LogP contribution is 2.26. The fourth-order valence-corrected chi connectivity index (χ4v) is 3.01. The number of nitrogens with two attached hydrogens (primary N) is 1. The summed E-state index contributed by atoms with van der Waals surface area (Å²) >= 11 is 1.61. The van der Waals surface area contributed by atoms with E-state index in [1.807, 2.05) is 12.4 Å². The molecule has 0 aliphatic rings. The predicted molar refractivity (Wildman–Crippen MR) is 95.1 cm³/mol. The van der Waals surface area contributed by atoms with Gasteiger partial charge in [-0.05, 0) is 19.1 Å². The van der Waals surface area contributed by atoms with Gasteiger partial charge in [0.2, 0.25) is 0 Å². The van der Waals surface area contributed by atoms with Crippen LogP contribution in [0, 0.1) is 6.92 Å². The topological polar surface area (TPSA) is 77.7 Å². The standard InChI is InChI=1S/C17H23N3O3S/c1-12-16(24-11-19-12)6-8-20(2)17(21)14-5-4-13(22-3)10-15(14)23-9-7-18/h4-5,10-11H,6-9,18H2,1-3H3. The van der Waals surface area contributed by atoms with Crippen molar-refractivity contribution >= 4 is 17.2 Å². The van der Waals surface area contributed by atoms with Gasteiger partial charge < -0.3 is 20.1 Å². The second-order valence-electron chi connectivity index (χ2n) is 5.34. The fraction of sp³-hybridized carbons (Fsp3) is 0.412. The van der Waals surface area contributed by atoms with Crippen molar-refractivity contribution in [2.24, 2.45) is 5.73 Å². The summed E-state index contributed by atoms with van der Waals surface area (Å²) < 4.78 is 10.8. The minimum absolute atomic E-state index is 0.0909. The molecule has 1 aromatic carbocycles. The number of nitrogens with zero attached hydrogens (tertiary/aromatic N) is 2. The highest BCUT2D eigenvalue weighted by atomic mass is 32.1. The Balaban J connectivity index is 2.10. The number of ether oxygens (including phenoxy) is 2. The first-order chi connectivity index (χ1) is 11.6. The van der Waals surface area contributed by atoms with Crippen LogP contribution < -0.4 is 15.2 Å². The van der Waals surface area contributed by atoms with Crippen LogP contribution in [-0.4, -0.2) is 49.6 Å². The van der Waals surface area contributed by atoms with Crippen molar-refractivity contribution < 1.29 is 14.3 Å². The number of benzene rings is 1. The zero-order valence-corrected chi connectivity index (χ0v) is 15.1. The molecule has 0 atom stereocenters. The van der Waals surface area contributed by atoms with E-state index in [0.29, 0.717) is 36.8 Å². The number of carbonyl (C=O) groups is 1. The lowest BCUT2D eigenvalue weighted by Crippen LogP contribution is -2.29. The quantitative estimate of drug-likeness (QED) is 0.790. The van der Waals surface area contributed by atoms with Gasteiger partial charge in [0.15, 0.2) is 0 Å². The monoisotopic (exact) mass is 349 g/mol. The number of methoxy groups -OCH3 is 1. The third-order valence-electron chi connectivity index (χ3n) is 3.66. The van der Waals surface area contributed by atoms with E-state index in [9.17, 15) is 4.79 Å². The molecule has 0 aliphatic carbocycles. The Morgan fingerprint density at radius 3 is 2.83 bits per heavy atom. The number of hydrogen-bond acceptors (Lipinski definition) is 6. The molecular formula is C17H23N3O3S. The van der Waals surface area contributed by atoms with Crippen molar-refractivity contribution in [1.29, 1.82) is 0 Å². The molecule has 0 saturated carbocycles. The Morgan fingerprint density at radius 1 is 1.42 bits per heavy atom. The van der Waals surface area contributed by atoms with E-state index in [0.717, 1.165) is 12.1 Å². The molecule has 2 aromatic rings. The molecule has 130 valence electrons. The van der Waals surface area contributed by atoms with Gasteiger partial charge in [-0.1, -0.05) is 0 Å². The van der Waals surface area contributed by atoms with Crippen molar-refractivity contribution in [2.45, 2.75) is 13.3 Å².